The van der Waals surface area contributed by atoms with Crippen LogP contribution in [-0.4, -0.2) is 36.5 Å². The highest BCUT2D eigenvalue weighted by molar-refractivity contribution is 6.31. The molecular formula is C20H20ClN3O4. The van der Waals surface area contributed by atoms with Gasteiger partial charge in [-0.15, -0.1) is 0 Å². The number of nitrogens with one attached hydrogen (secondary N) is 1. The van der Waals surface area contributed by atoms with Crippen molar-refractivity contribution < 1.29 is 14.3 Å². The first-order chi connectivity index (χ1) is 13.4. The molecule has 7 nitrogen and oxygen atoms in total. The summed E-state index contributed by atoms with van der Waals surface area (Å²) in [6.07, 6.45) is 0.561. The van der Waals surface area contributed by atoms with Crippen molar-refractivity contribution in [2.24, 2.45) is 7.05 Å². The van der Waals surface area contributed by atoms with Gasteiger partial charge in [0.15, 0.2) is 17.2 Å². The second-order valence-electron chi connectivity index (χ2n) is 6.16. The van der Waals surface area contributed by atoms with E-state index in [-0.39, 0.29) is 5.69 Å². The van der Waals surface area contributed by atoms with E-state index in [2.05, 4.69) is 10.4 Å². The van der Waals surface area contributed by atoms with Crippen LogP contribution in [0, 0.1) is 0 Å². The summed E-state index contributed by atoms with van der Waals surface area (Å²) in [5, 5.41) is 7.64. The molecular weight excluding hydrogens is 382 g/mol. The Balaban J connectivity index is 1.75. The zero-order chi connectivity index (χ0) is 20.3. The van der Waals surface area contributed by atoms with Crippen molar-refractivity contribution in [3.05, 3.63) is 62.9 Å². The van der Waals surface area contributed by atoms with Crippen LogP contribution in [-0.2, 0) is 13.5 Å². The normalized spacial score (nSPS) is 10.7. The molecule has 1 aromatic heterocycles. The summed E-state index contributed by atoms with van der Waals surface area (Å²) in [6, 6.07) is 10.5. The second kappa shape index (κ2) is 8.31. The Bertz CT molecular complexity index is 1090. The van der Waals surface area contributed by atoms with Crippen LogP contribution < -0.4 is 20.2 Å². The van der Waals surface area contributed by atoms with Crippen molar-refractivity contribution in [1.82, 2.24) is 15.1 Å². The van der Waals surface area contributed by atoms with E-state index < -0.39 is 11.3 Å². The molecule has 0 bridgehead atoms. The summed E-state index contributed by atoms with van der Waals surface area (Å²) in [5.41, 5.74) is 0.962. The van der Waals surface area contributed by atoms with E-state index >= 15 is 0 Å². The number of halogens is 1. The van der Waals surface area contributed by atoms with Gasteiger partial charge in [0.05, 0.1) is 25.1 Å². The van der Waals surface area contributed by atoms with Gasteiger partial charge < -0.3 is 14.8 Å². The van der Waals surface area contributed by atoms with E-state index in [4.69, 9.17) is 21.1 Å². The van der Waals surface area contributed by atoms with Gasteiger partial charge in [-0.05, 0) is 42.3 Å². The van der Waals surface area contributed by atoms with Crippen LogP contribution in [0.4, 0.5) is 0 Å². The molecule has 1 heterocycles. The first kappa shape index (κ1) is 19.7. The monoisotopic (exact) mass is 401 g/mol. The molecule has 3 aromatic rings. The molecule has 28 heavy (non-hydrogen) atoms. The number of nitrogens with zero attached hydrogens (tertiary/aromatic N) is 2. The molecule has 0 aliphatic heterocycles. The zero-order valence-corrected chi connectivity index (χ0v) is 16.5. The summed E-state index contributed by atoms with van der Waals surface area (Å²) >= 11 is 5.98. The van der Waals surface area contributed by atoms with Gasteiger partial charge >= 0.3 is 0 Å². The SMILES string of the molecule is COc1ccc(CCNC(=O)c2nn(C)c3ccc(Cl)cc3c2=O)cc1OC. The van der Waals surface area contributed by atoms with E-state index in [9.17, 15) is 9.59 Å². The fraction of sp³-hybridized carbons (Fsp3) is 0.250. The predicted molar refractivity (Wildman–Crippen MR) is 108 cm³/mol. The molecule has 0 unspecified atom stereocenters. The van der Waals surface area contributed by atoms with Crippen LogP contribution in [0.15, 0.2) is 41.2 Å². The third-order valence-electron chi connectivity index (χ3n) is 4.38. The van der Waals surface area contributed by atoms with E-state index in [0.717, 1.165) is 5.56 Å². The first-order valence-electron chi connectivity index (χ1n) is 8.60. The van der Waals surface area contributed by atoms with E-state index in [1.165, 1.54) is 4.68 Å². The molecule has 146 valence electrons. The molecule has 0 radical (unpaired) electrons. The molecule has 0 fully saturated rings. The van der Waals surface area contributed by atoms with Crippen LogP contribution in [0.3, 0.4) is 0 Å². The third-order valence-corrected chi connectivity index (χ3v) is 4.61. The number of ether oxygens (including phenoxy) is 2. The van der Waals surface area contributed by atoms with Gasteiger partial charge in [-0.25, -0.2) is 0 Å². The molecule has 1 amide bonds. The molecule has 0 saturated carbocycles. The Morgan fingerprint density at radius 3 is 2.61 bits per heavy atom. The predicted octanol–water partition coefficient (Wildman–Crippen LogP) is 2.58. The Labute approximate surface area is 166 Å². The number of carbonyl (C=O) groups is 1. The summed E-state index contributed by atoms with van der Waals surface area (Å²) in [4.78, 5) is 25.1. The number of benzene rings is 2. The highest BCUT2D eigenvalue weighted by Gasteiger charge is 2.16. The molecule has 0 aliphatic carbocycles. The number of fused-ring (bicyclic) bond motifs is 1. The number of amides is 1. The Hall–Kier alpha value is -3.06. The molecule has 0 aliphatic rings. The minimum atomic E-state index is -0.525. The maximum atomic E-state index is 12.6. The van der Waals surface area contributed by atoms with Gasteiger partial charge in [0.1, 0.15) is 0 Å². The van der Waals surface area contributed by atoms with E-state index in [1.807, 2.05) is 12.1 Å². The first-order valence-corrected chi connectivity index (χ1v) is 8.98. The highest BCUT2D eigenvalue weighted by atomic mass is 35.5. The number of carbonyl (C=O) groups excluding carboxylic acids is 1. The maximum Gasteiger partial charge on any atom is 0.275 e. The van der Waals surface area contributed by atoms with Crippen LogP contribution >= 0.6 is 11.6 Å². The largest absolute Gasteiger partial charge is 0.493 e. The molecule has 0 atom stereocenters. The second-order valence-corrected chi connectivity index (χ2v) is 6.59. The summed E-state index contributed by atoms with van der Waals surface area (Å²) in [6.45, 7) is 0.340. The number of rotatable bonds is 6. The van der Waals surface area contributed by atoms with Crippen molar-refractivity contribution in [1.29, 1.82) is 0 Å². The number of hydrogen-bond acceptors (Lipinski definition) is 5. The molecule has 1 N–H and O–H groups in total. The third kappa shape index (κ3) is 3.94. The summed E-state index contributed by atoms with van der Waals surface area (Å²) in [5.74, 6) is 0.731. The zero-order valence-electron chi connectivity index (χ0n) is 15.8. The van der Waals surface area contributed by atoms with Crippen molar-refractivity contribution in [3.63, 3.8) is 0 Å². The van der Waals surface area contributed by atoms with Gasteiger partial charge in [-0.1, -0.05) is 17.7 Å². The van der Waals surface area contributed by atoms with Gasteiger partial charge in [0, 0.05) is 18.6 Å². The average molecular weight is 402 g/mol. The van der Waals surface area contributed by atoms with Gasteiger partial charge in [0.2, 0.25) is 5.43 Å². The van der Waals surface area contributed by atoms with Gasteiger partial charge in [-0.3, -0.25) is 14.3 Å². The lowest BCUT2D eigenvalue weighted by Crippen LogP contribution is -2.33. The fourth-order valence-corrected chi connectivity index (χ4v) is 3.11. The van der Waals surface area contributed by atoms with Crippen LogP contribution in [0.2, 0.25) is 5.02 Å². The van der Waals surface area contributed by atoms with Crippen molar-refractivity contribution in [3.8, 4) is 11.5 Å². The van der Waals surface area contributed by atoms with E-state index in [0.29, 0.717) is 40.4 Å². The summed E-state index contributed by atoms with van der Waals surface area (Å²) < 4.78 is 12.0. The lowest BCUT2D eigenvalue weighted by molar-refractivity contribution is 0.0946. The van der Waals surface area contributed by atoms with Gasteiger partial charge in [-0.2, -0.15) is 5.10 Å². The number of aryl methyl sites for hydroxylation is 1. The number of methoxy groups -OCH3 is 2. The van der Waals surface area contributed by atoms with Crippen LogP contribution in [0.5, 0.6) is 11.5 Å². The number of aromatic nitrogens is 2. The molecule has 0 saturated heterocycles. The van der Waals surface area contributed by atoms with Gasteiger partial charge in [0.25, 0.3) is 5.91 Å². The van der Waals surface area contributed by atoms with Crippen LogP contribution in [0.1, 0.15) is 16.1 Å². The number of hydrogen-bond donors (Lipinski definition) is 1. The minimum absolute atomic E-state index is 0.162. The van der Waals surface area contributed by atoms with Crippen molar-refractivity contribution in [2.45, 2.75) is 6.42 Å². The standard InChI is InChI=1S/C20H20ClN3O4/c1-24-15-6-5-13(21)11-14(15)19(25)18(23-24)20(26)22-9-8-12-4-7-16(27-2)17(10-12)28-3/h4-7,10-11H,8-9H2,1-3H3,(H,22,26). The summed E-state index contributed by atoms with van der Waals surface area (Å²) in [7, 11) is 4.81. The highest BCUT2D eigenvalue weighted by Crippen LogP contribution is 2.27. The Morgan fingerprint density at radius 1 is 1.14 bits per heavy atom. The quantitative estimate of drug-likeness (QED) is 0.686. The minimum Gasteiger partial charge on any atom is -0.493 e. The lowest BCUT2D eigenvalue weighted by atomic mass is 10.1. The smallest absolute Gasteiger partial charge is 0.275 e. The Morgan fingerprint density at radius 2 is 1.89 bits per heavy atom. The topological polar surface area (TPSA) is 82.5 Å². The molecule has 2 aromatic carbocycles. The molecule has 8 heteroatoms. The maximum absolute atomic E-state index is 12.6. The molecule has 0 spiro atoms. The lowest BCUT2D eigenvalue weighted by Gasteiger charge is -2.11. The molecule has 3 rings (SSSR count). The van der Waals surface area contributed by atoms with Crippen LogP contribution in [0.25, 0.3) is 10.9 Å². The van der Waals surface area contributed by atoms with Crippen molar-refractivity contribution >= 4 is 28.4 Å². The van der Waals surface area contributed by atoms with Crippen molar-refractivity contribution in [2.75, 3.05) is 20.8 Å². The Kier molecular flexibility index (Phi) is 5.84. The van der Waals surface area contributed by atoms with E-state index in [1.54, 1.807) is 45.5 Å². The average Bonchev–Trinajstić information content (AvgIpc) is 2.70. The fourth-order valence-electron chi connectivity index (χ4n) is 2.94.